The maximum atomic E-state index is 11.9. The predicted molar refractivity (Wildman–Crippen MR) is 129 cm³/mol. The Labute approximate surface area is 194 Å². The van der Waals surface area contributed by atoms with Gasteiger partial charge in [0.1, 0.15) is 6.04 Å². The summed E-state index contributed by atoms with van der Waals surface area (Å²) < 4.78 is 0. The minimum Gasteiger partial charge on any atom is -0.481 e. The van der Waals surface area contributed by atoms with Crippen LogP contribution in [-0.2, 0) is 4.79 Å². The second kappa shape index (κ2) is 9.94. The van der Waals surface area contributed by atoms with Gasteiger partial charge < -0.3 is 10.4 Å². The molecule has 3 aromatic rings. The molecule has 33 heavy (non-hydrogen) atoms. The topological polar surface area (TPSA) is 91.6 Å². The second-order valence-electron chi connectivity index (χ2n) is 8.97. The number of nitrogens with one attached hydrogen (secondary N) is 1. The molecule has 2 N–H and O–H groups in total. The fourth-order valence-corrected chi connectivity index (χ4v) is 4.64. The molecule has 6 heteroatoms. The van der Waals surface area contributed by atoms with E-state index < -0.39 is 12.0 Å². The van der Waals surface area contributed by atoms with Crippen molar-refractivity contribution in [3.05, 3.63) is 99.7 Å². The van der Waals surface area contributed by atoms with Gasteiger partial charge in [0.2, 0.25) is 0 Å². The summed E-state index contributed by atoms with van der Waals surface area (Å²) >= 11 is 0. The minimum atomic E-state index is -0.716. The van der Waals surface area contributed by atoms with Crippen LogP contribution in [-0.4, -0.2) is 22.1 Å². The molecule has 0 spiro atoms. The Kier molecular flexibility index (Phi) is 6.82. The highest BCUT2D eigenvalue weighted by Crippen LogP contribution is 2.38. The molecule has 1 heterocycles. The number of aliphatic carboxylic acids is 1. The van der Waals surface area contributed by atoms with Crippen molar-refractivity contribution in [1.82, 2.24) is 4.98 Å². The summed E-state index contributed by atoms with van der Waals surface area (Å²) in [6.45, 7) is 4.00. The minimum absolute atomic E-state index is 0.0107. The average molecular weight is 444 g/mol. The van der Waals surface area contributed by atoms with Crippen molar-refractivity contribution in [1.29, 1.82) is 0 Å². The molecule has 6 nitrogen and oxygen atoms in total. The van der Waals surface area contributed by atoms with E-state index in [1.54, 1.807) is 6.20 Å². The quantitative estimate of drug-likeness (QED) is 0.396. The van der Waals surface area contributed by atoms with Crippen molar-refractivity contribution in [2.45, 2.75) is 51.1 Å². The molecule has 1 aromatic heterocycles. The first-order chi connectivity index (χ1) is 15.9. The summed E-state index contributed by atoms with van der Waals surface area (Å²) in [7, 11) is 0. The molecule has 0 bridgehead atoms. The van der Waals surface area contributed by atoms with Crippen molar-refractivity contribution in [3.8, 4) is 0 Å². The molecule has 0 aliphatic heterocycles. The molecule has 0 radical (unpaired) electrons. The maximum absolute atomic E-state index is 11.9. The van der Waals surface area contributed by atoms with E-state index in [1.807, 2.05) is 43.3 Å². The lowest BCUT2D eigenvalue weighted by atomic mass is 9.80. The Balaban J connectivity index is 1.57. The summed E-state index contributed by atoms with van der Waals surface area (Å²) in [5.41, 5.74) is 6.20. The summed E-state index contributed by atoms with van der Waals surface area (Å²) in [6, 6.07) is 20.0. The van der Waals surface area contributed by atoms with Crippen molar-refractivity contribution >= 4 is 11.7 Å². The van der Waals surface area contributed by atoms with E-state index in [4.69, 9.17) is 5.11 Å². The fourth-order valence-electron chi connectivity index (χ4n) is 4.64. The number of carboxylic acids is 1. The van der Waals surface area contributed by atoms with Crippen LogP contribution in [0.2, 0.25) is 0 Å². The third-order valence-electron chi connectivity index (χ3n) is 6.63. The second-order valence-corrected chi connectivity index (χ2v) is 8.97. The third-order valence-corrected chi connectivity index (χ3v) is 6.63. The Bertz CT molecular complexity index is 1120. The van der Waals surface area contributed by atoms with Crippen LogP contribution in [0.1, 0.15) is 59.2 Å². The van der Waals surface area contributed by atoms with Crippen molar-refractivity contribution in [2.75, 3.05) is 5.32 Å². The Morgan fingerprint density at radius 2 is 1.82 bits per heavy atom. The van der Waals surface area contributed by atoms with Gasteiger partial charge in [-0.2, -0.15) is 4.91 Å². The zero-order valence-corrected chi connectivity index (χ0v) is 18.9. The Hall–Kier alpha value is -3.54. The molecule has 0 saturated heterocycles. The van der Waals surface area contributed by atoms with Gasteiger partial charge in [0.05, 0.1) is 5.92 Å². The molecule has 1 fully saturated rings. The van der Waals surface area contributed by atoms with Gasteiger partial charge in [-0.15, -0.1) is 0 Å². The molecule has 0 amide bonds. The summed E-state index contributed by atoms with van der Waals surface area (Å²) in [4.78, 5) is 27.1. The van der Waals surface area contributed by atoms with Crippen LogP contribution in [0.15, 0.2) is 72.0 Å². The molecule has 1 unspecified atom stereocenters. The van der Waals surface area contributed by atoms with Crippen molar-refractivity contribution in [2.24, 2.45) is 11.1 Å². The molecular weight excluding hydrogens is 414 g/mol. The van der Waals surface area contributed by atoms with Gasteiger partial charge in [-0.3, -0.25) is 9.78 Å². The number of carbonyl (C=O) groups is 1. The lowest BCUT2D eigenvalue weighted by Gasteiger charge is -2.33. The zero-order chi connectivity index (χ0) is 23.4. The molecule has 4 rings (SSSR count). The van der Waals surface area contributed by atoms with Crippen LogP contribution in [0.5, 0.6) is 0 Å². The first-order valence-corrected chi connectivity index (χ1v) is 11.3. The molecule has 1 aliphatic carbocycles. The number of benzene rings is 2. The Morgan fingerprint density at radius 3 is 2.45 bits per heavy atom. The number of aromatic nitrogens is 1. The van der Waals surface area contributed by atoms with Crippen molar-refractivity contribution < 1.29 is 9.90 Å². The van der Waals surface area contributed by atoms with Gasteiger partial charge in [0.15, 0.2) is 0 Å². The van der Waals surface area contributed by atoms with E-state index in [0.717, 1.165) is 22.5 Å². The SMILES string of the molecule is Cc1cc(C(C[C@@H](c2ccc(NC3CC(C(=O)O)C3)cc2)c2ccccc2C)N=O)ccn1. The summed E-state index contributed by atoms with van der Waals surface area (Å²) in [6.07, 6.45) is 3.59. The number of rotatable bonds is 9. The number of hydrogen-bond donors (Lipinski definition) is 2. The van der Waals surface area contributed by atoms with E-state index in [9.17, 15) is 9.70 Å². The van der Waals surface area contributed by atoms with E-state index in [2.05, 4.69) is 46.7 Å². The number of hydrogen-bond acceptors (Lipinski definition) is 5. The highest BCUT2D eigenvalue weighted by atomic mass is 16.4. The Morgan fingerprint density at radius 1 is 1.09 bits per heavy atom. The number of aryl methyl sites for hydroxylation is 2. The van der Waals surface area contributed by atoms with E-state index in [-0.39, 0.29) is 17.9 Å². The normalized spacial score (nSPS) is 19.2. The lowest BCUT2D eigenvalue weighted by molar-refractivity contribution is -0.144. The van der Waals surface area contributed by atoms with Gasteiger partial charge in [-0.05, 0) is 79.6 Å². The third kappa shape index (κ3) is 5.28. The highest BCUT2D eigenvalue weighted by molar-refractivity contribution is 5.71. The monoisotopic (exact) mass is 443 g/mol. The van der Waals surface area contributed by atoms with Gasteiger partial charge in [0, 0.05) is 29.5 Å². The predicted octanol–water partition coefficient (Wildman–Crippen LogP) is 6.00. The zero-order valence-electron chi connectivity index (χ0n) is 18.9. The van der Waals surface area contributed by atoms with Crippen LogP contribution < -0.4 is 5.32 Å². The van der Waals surface area contributed by atoms with Crippen LogP contribution in [0.3, 0.4) is 0 Å². The van der Waals surface area contributed by atoms with Crippen LogP contribution in [0, 0.1) is 24.7 Å². The number of anilines is 1. The molecule has 2 atom stereocenters. The van der Waals surface area contributed by atoms with Crippen LogP contribution in [0.4, 0.5) is 5.69 Å². The summed E-state index contributed by atoms with van der Waals surface area (Å²) in [5.74, 6) is -0.944. The van der Waals surface area contributed by atoms with Crippen LogP contribution in [0.25, 0.3) is 0 Å². The molecule has 2 aromatic carbocycles. The van der Waals surface area contributed by atoms with Crippen molar-refractivity contribution in [3.63, 3.8) is 0 Å². The van der Waals surface area contributed by atoms with Crippen LogP contribution >= 0.6 is 0 Å². The molecular formula is C27H29N3O3. The smallest absolute Gasteiger partial charge is 0.306 e. The number of pyridine rings is 1. The standard InChI is InChI=1S/C27H29N3O3/c1-17-5-3-4-6-24(17)25(16-26(30-33)20-11-12-28-18(2)13-20)19-7-9-22(10-8-19)29-23-14-21(15-23)27(31)32/h3-13,21,23,25-26,29H,14-16H2,1-2H3,(H,31,32)/t21?,23?,25-,26?/m0/s1. The molecule has 1 aliphatic rings. The molecule has 1 saturated carbocycles. The largest absolute Gasteiger partial charge is 0.481 e. The van der Waals surface area contributed by atoms with Gasteiger partial charge in [-0.1, -0.05) is 41.6 Å². The average Bonchev–Trinajstić information content (AvgIpc) is 2.78. The number of nitrogens with zero attached hydrogens (tertiary/aromatic N) is 2. The number of nitroso groups, excluding NO2 is 1. The van der Waals surface area contributed by atoms with Gasteiger partial charge >= 0.3 is 5.97 Å². The number of carboxylic acid groups (broad SMARTS) is 1. The fraction of sp³-hybridized carbons (Fsp3) is 0.333. The lowest BCUT2D eigenvalue weighted by Crippen LogP contribution is -2.39. The van der Waals surface area contributed by atoms with E-state index in [1.165, 1.54) is 11.1 Å². The first-order valence-electron chi connectivity index (χ1n) is 11.3. The maximum Gasteiger partial charge on any atom is 0.306 e. The van der Waals surface area contributed by atoms with Gasteiger partial charge in [-0.25, -0.2) is 0 Å². The highest BCUT2D eigenvalue weighted by Gasteiger charge is 2.34. The first kappa shape index (κ1) is 22.6. The molecule has 170 valence electrons. The van der Waals surface area contributed by atoms with E-state index in [0.29, 0.717) is 19.3 Å². The van der Waals surface area contributed by atoms with E-state index >= 15 is 0 Å². The van der Waals surface area contributed by atoms with Gasteiger partial charge in [0.25, 0.3) is 0 Å². The summed E-state index contributed by atoms with van der Waals surface area (Å²) in [5, 5.41) is 16.0.